The molecule has 0 spiro atoms. The fraction of sp³-hybridized carbons (Fsp3) is 0.421. The molecule has 1 saturated heterocycles. The highest BCUT2D eigenvalue weighted by Crippen LogP contribution is 2.23. The van der Waals surface area contributed by atoms with Crippen LogP contribution in [0, 0.1) is 0 Å². The average molecular weight is 389 g/mol. The summed E-state index contributed by atoms with van der Waals surface area (Å²) in [5.41, 5.74) is 1.81. The Morgan fingerprint density at radius 2 is 1.81 bits per heavy atom. The summed E-state index contributed by atoms with van der Waals surface area (Å²) >= 11 is 5.89. The molecule has 142 valence electrons. The van der Waals surface area contributed by atoms with E-state index < -0.39 is 0 Å². The lowest BCUT2D eigenvalue weighted by Gasteiger charge is -2.27. The maximum Gasteiger partial charge on any atom is 0.290 e. The summed E-state index contributed by atoms with van der Waals surface area (Å²) in [5, 5.41) is 3.45. The lowest BCUT2D eigenvalue weighted by atomic mass is 10.1. The van der Waals surface area contributed by atoms with Crippen LogP contribution in [-0.4, -0.2) is 52.6 Å². The third-order valence-electron chi connectivity index (χ3n) is 4.92. The molecule has 1 aromatic heterocycles. The minimum Gasteiger partial charge on any atom is -0.378 e. The Hall–Kier alpha value is -2.38. The number of amides is 2. The summed E-state index contributed by atoms with van der Waals surface area (Å²) in [6.45, 7) is 2.87. The van der Waals surface area contributed by atoms with E-state index in [0.29, 0.717) is 55.1 Å². The van der Waals surface area contributed by atoms with Gasteiger partial charge in [0.2, 0.25) is 0 Å². The maximum atomic E-state index is 12.9. The van der Waals surface area contributed by atoms with Gasteiger partial charge in [0.25, 0.3) is 11.8 Å². The van der Waals surface area contributed by atoms with Crippen LogP contribution in [-0.2, 0) is 17.7 Å². The molecule has 1 aromatic carbocycles. The molecule has 2 aliphatic rings. The number of ether oxygens (including phenoxy) is 1. The largest absolute Gasteiger partial charge is 0.378 e. The van der Waals surface area contributed by atoms with E-state index in [4.69, 9.17) is 16.3 Å². The quantitative estimate of drug-likeness (QED) is 0.876. The Morgan fingerprint density at radius 1 is 1.07 bits per heavy atom. The van der Waals surface area contributed by atoms with E-state index in [-0.39, 0.29) is 11.8 Å². The molecule has 2 amide bonds. The summed E-state index contributed by atoms with van der Waals surface area (Å²) in [7, 11) is 0. The Bertz CT molecular complexity index is 857. The van der Waals surface area contributed by atoms with Gasteiger partial charge in [-0.15, -0.1) is 0 Å². The zero-order chi connectivity index (χ0) is 18.8. The van der Waals surface area contributed by atoms with Crippen LogP contribution >= 0.6 is 11.6 Å². The first kappa shape index (κ1) is 18.0. The molecule has 2 aromatic rings. The summed E-state index contributed by atoms with van der Waals surface area (Å²) in [5.74, 6) is -0.0798. The molecule has 1 fully saturated rings. The van der Waals surface area contributed by atoms with Gasteiger partial charge >= 0.3 is 0 Å². The molecule has 0 saturated carbocycles. The second kappa shape index (κ2) is 7.70. The Kier molecular flexibility index (Phi) is 5.13. The number of carbonyl (C=O) groups is 2. The van der Waals surface area contributed by atoms with Gasteiger partial charge in [0.15, 0.2) is 11.5 Å². The minimum absolute atomic E-state index is 0.132. The molecule has 8 heteroatoms. The van der Waals surface area contributed by atoms with Crippen LogP contribution in [0.4, 0.5) is 5.69 Å². The number of anilines is 1. The first-order valence-electron chi connectivity index (χ1n) is 9.17. The van der Waals surface area contributed by atoms with E-state index in [0.717, 1.165) is 25.0 Å². The first-order valence-corrected chi connectivity index (χ1v) is 9.54. The van der Waals surface area contributed by atoms with Crippen molar-refractivity contribution in [2.45, 2.75) is 25.8 Å². The second-order valence-electron chi connectivity index (χ2n) is 6.71. The third kappa shape index (κ3) is 3.70. The zero-order valence-corrected chi connectivity index (χ0v) is 15.7. The number of rotatable bonds is 3. The number of imidazole rings is 1. The molecule has 0 bridgehead atoms. The van der Waals surface area contributed by atoms with E-state index in [1.54, 1.807) is 29.2 Å². The highest BCUT2D eigenvalue weighted by atomic mass is 35.5. The van der Waals surface area contributed by atoms with Crippen molar-refractivity contribution in [1.29, 1.82) is 0 Å². The van der Waals surface area contributed by atoms with Gasteiger partial charge in [-0.05, 0) is 43.5 Å². The minimum atomic E-state index is -0.302. The monoisotopic (exact) mass is 388 g/mol. The van der Waals surface area contributed by atoms with Gasteiger partial charge < -0.3 is 19.5 Å². The van der Waals surface area contributed by atoms with Crippen LogP contribution < -0.4 is 5.32 Å². The molecular formula is C19H21ClN4O3. The normalized spacial score (nSPS) is 16.7. The van der Waals surface area contributed by atoms with Gasteiger partial charge in [-0.2, -0.15) is 0 Å². The van der Waals surface area contributed by atoms with Crippen molar-refractivity contribution in [3.8, 4) is 0 Å². The lowest BCUT2D eigenvalue weighted by Crippen LogP contribution is -2.42. The number of carbonyl (C=O) groups excluding carboxylic acids is 2. The summed E-state index contributed by atoms with van der Waals surface area (Å²) in [6, 6.07) is 6.91. The fourth-order valence-corrected chi connectivity index (χ4v) is 3.65. The van der Waals surface area contributed by atoms with Crippen molar-refractivity contribution in [1.82, 2.24) is 14.5 Å². The average Bonchev–Trinajstić information content (AvgIpc) is 3.10. The van der Waals surface area contributed by atoms with E-state index >= 15 is 0 Å². The number of aromatic nitrogens is 2. The number of morpholine rings is 1. The highest BCUT2D eigenvalue weighted by Gasteiger charge is 2.30. The second-order valence-corrected chi connectivity index (χ2v) is 7.14. The SMILES string of the molecule is O=C(Nc1ccc(Cl)cc1)c1nc(C(=O)N2CCOCC2)n2c1CCCC2. The Labute approximate surface area is 162 Å². The van der Waals surface area contributed by atoms with Gasteiger partial charge in [-0.3, -0.25) is 9.59 Å². The van der Waals surface area contributed by atoms with Gasteiger partial charge in [0.05, 0.1) is 18.9 Å². The molecule has 0 atom stereocenters. The van der Waals surface area contributed by atoms with Crippen molar-refractivity contribution >= 4 is 29.1 Å². The number of hydrogen-bond acceptors (Lipinski definition) is 4. The molecule has 4 rings (SSSR count). The van der Waals surface area contributed by atoms with Gasteiger partial charge in [0, 0.05) is 30.3 Å². The zero-order valence-electron chi connectivity index (χ0n) is 14.9. The molecule has 0 radical (unpaired) electrons. The van der Waals surface area contributed by atoms with Crippen LogP contribution in [0.1, 0.15) is 39.6 Å². The molecule has 0 aliphatic carbocycles. The van der Waals surface area contributed by atoms with Crippen molar-refractivity contribution < 1.29 is 14.3 Å². The highest BCUT2D eigenvalue weighted by molar-refractivity contribution is 6.30. The predicted molar refractivity (Wildman–Crippen MR) is 101 cm³/mol. The summed E-state index contributed by atoms with van der Waals surface area (Å²) in [4.78, 5) is 32.0. The molecule has 1 N–H and O–H groups in total. The van der Waals surface area contributed by atoms with Crippen molar-refractivity contribution in [3.63, 3.8) is 0 Å². The van der Waals surface area contributed by atoms with Crippen LogP contribution in [0.5, 0.6) is 0 Å². The molecule has 2 aliphatic heterocycles. The number of halogens is 1. The first-order chi connectivity index (χ1) is 13.1. The number of nitrogens with one attached hydrogen (secondary N) is 1. The standard InChI is InChI=1S/C19H21ClN4O3/c20-13-4-6-14(7-5-13)21-18(25)16-15-3-1-2-8-24(15)17(22-16)19(26)23-9-11-27-12-10-23/h4-7H,1-3,8-12H2,(H,21,25). The molecule has 7 nitrogen and oxygen atoms in total. The van der Waals surface area contributed by atoms with Crippen LogP contribution in [0.15, 0.2) is 24.3 Å². The number of hydrogen-bond donors (Lipinski definition) is 1. The van der Waals surface area contributed by atoms with Gasteiger partial charge in [-0.1, -0.05) is 11.6 Å². The van der Waals surface area contributed by atoms with Crippen LogP contribution in [0.3, 0.4) is 0 Å². The van der Waals surface area contributed by atoms with E-state index in [2.05, 4.69) is 10.3 Å². The maximum absolute atomic E-state index is 12.9. The summed E-state index contributed by atoms with van der Waals surface area (Å²) < 4.78 is 7.24. The van der Waals surface area contributed by atoms with Crippen LogP contribution in [0.2, 0.25) is 5.02 Å². The van der Waals surface area contributed by atoms with Crippen LogP contribution in [0.25, 0.3) is 0 Å². The number of nitrogens with zero attached hydrogens (tertiary/aromatic N) is 3. The number of fused-ring (bicyclic) bond motifs is 1. The van der Waals surface area contributed by atoms with Crippen molar-refractivity contribution in [2.24, 2.45) is 0 Å². The van der Waals surface area contributed by atoms with Gasteiger partial charge in [0.1, 0.15) is 0 Å². The molecule has 0 unspecified atom stereocenters. The van der Waals surface area contributed by atoms with Crippen molar-refractivity contribution in [2.75, 3.05) is 31.6 Å². The molecule has 3 heterocycles. The van der Waals surface area contributed by atoms with E-state index in [1.807, 2.05) is 4.57 Å². The van der Waals surface area contributed by atoms with Gasteiger partial charge in [-0.25, -0.2) is 4.98 Å². The third-order valence-corrected chi connectivity index (χ3v) is 5.18. The smallest absolute Gasteiger partial charge is 0.290 e. The van der Waals surface area contributed by atoms with E-state index in [9.17, 15) is 9.59 Å². The topological polar surface area (TPSA) is 76.5 Å². The molecular weight excluding hydrogens is 368 g/mol. The van der Waals surface area contributed by atoms with E-state index in [1.165, 1.54) is 0 Å². The summed E-state index contributed by atoms with van der Waals surface area (Å²) in [6.07, 6.45) is 2.70. The number of benzene rings is 1. The fourth-order valence-electron chi connectivity index (χ4n) is 3.52. The van der Waals surface area contributed by atoms with Crippen molar-refractivity contribution in [3.05, 3.63) is 46.5 Å². The molecule has 27 heavy (non-hydrogen) atoms. The Balaban J connectivity index is 1.62. The lowest BCUT2D eigenvalue weighted by molar-refractivity contribution is 0.0291. The Morgan fingerprint density at radius 3 is 2.56 bits per heavy atom. The predicted octanol–water partition coefficient (Wildman–Crippen LogP) is 2.60.